The summed E-state index contributed by atoms with van der Waals surface area (Å²) in [6.45, 7) is 9.13. The molecule has 1 aromatic rings. The van der Waals surface area contributed by atoms with Crippen molar-refractivity contribution in [3.63, 3.8) is 0 Å². The molecule has 0 unspecified atom stereocenters. The quantitative estimate of drug-likeness (QED) is 0.272. The Morgan fingerprint density at radius 3 is 2.41 bits per heavy atom. The van der Waals surface area contributed by atoms with Gasteiger partial charge in [-0.1, -0.05) is 12.1 Å². The molecule has 0 spiro atoms. The van der Waals surface area contributed by atoms with Crippen molar-refractivity contribution in [3.8, 4) is 5.75 Å². The molecule has 0 aliphatic carbocycles. The molecule has 1 aromatic carbocycles. The molecule has 0 saturated carbocycles. The van der Waals surface area contributed by atoms with E-state index in [1.54, 1.807) is 14.2 Å². The summed E-state index contributed by atoms with van der Waals surface area (Å²) in [6.07, 6.45) is 0. The summed E-state index contributed by atoms with van der Waals surface area (Å²) in [4.78, 5) is 18.7. The number of nitrogens with one attached hydrogen (secondary N) is 3. The molecule has 1 saturated heterocycles. The third kappa shape index (κ3) is 8.75. The molecule has 0 aromatic heterocycles. The predicted molar refractivity (Wildman–Crippen MR) is 126 cm³/mol. The Bertz CT molecular complexity index is 646. The van der Waals surface area contributed by atoms with Gasteiger partial charge in [0.15, 0.2) is 5.96 Å². The van der Waals surface area contributed by atoms with E-state index in [0.29, 0.717) is 12.5 Å². The fourth-order valence-electron chi connectivity index (χ4n) is 2.97. The van der Waals surface area contributed by atoms with E-state index >= 15 is 0 Å². The average Bonchev–Trinajstić information content (AvgIpc) is 2.73. The number of methoxy groups -OCH3 is 1. The molecule has 3 N–H and O–H groups in total. The second-order valence-electron chi connectivity index (χ2n) is 7.32. The van der Waals surface area contributed by atoms with Gasteiger partial charge in [0, 0.05) is 38.8 Å². The van der Waals surface area contributed by atoms with Gasteiger partial charge in [0.25, 0.3) is 0 Å². The lowest BCUT2D eigenvalue weighted by atomic mass is 10.0. The number of carbonyl (C=O) groups excluding carboxylic acids is 1. The highest BCUT2D eigenvalue weighted by Gasteiger charge is 2.28. The summed E-state index contributed by atoms with van der Waals surface area (Å²) in [5.41, 5.74) is 0.988. The summed E-state index contributed by atoms with van der Waals surface area (Å²) in [6, 6.07) is 7.62. The number of nitrogens with zero attached hydrogens (tertiary/aromatic N) is 2. The van der Waals surface area contributed by atoms with Gasteiger partial charge in [-0.2, -0.15) is 0 Å². The van der Waals surface area contributed by atoms with Crippen LogP contribution in [0.1, 0.15) is 19.4 Å². The standard InChI is InChI=1S/C20H33N5O3.HI/c1-20(2,25-9-11-28-12-10-25)15-24-19(21-3)23-14-18(26)22-13-16-5-7-17(27-4)8-6-16;/h5-8H,9-15H2,1-4H3,(H,22,26)(H2,21,23,24);1H. The van der Waals surface area contributed by atoms with Gasteiger partial charge in [-0.25, -0.2) is 0 Å². The molecule has 29 heavy (non-hydrogen) atoms. The number of hydrogen-bond acceptors (Lipinski definition) is 5. The number of benzene rings is 1. The van der Waals surface area contributed by atoms with Crippen LogP contribution < -0.4 is 20.7 Å². The summed E-state index contributed by atoms with van der Waals surface area (Å²) in [7, 11) is 3.33. The third-order valence-corrected chi connectivity index (χ3v) is 4.84. The normalized spacial score (nSPS) is 15.2. The summed E-state index contributed by atoms with van der Waals surface area (Å²) < 4.78 is 10.6. The first-order valence-corrected chi connectivity index (χ1v) is 9.61. The zero-order valence-electron chi connectivity index (χ0n) is 17.8. The minimum Gasteiger partial charge on any atom is -0.497 e. The fourth-order valence-corrected chi connectivity index (χ4v) is 2.97. The summed E-state index contributed by atoms with van der Waals surface area (Å²) in [5, 5.41) is 9.27. The third-order valence-electron chi connectivity index (χ3n) is 4.84. The van der Waals surface area contributed by atoms with E-state index in [9.17, 15) is 4.79 Å². The Labute approximate surface area is 190 Å². The minimum absolute atomic E-state index is 0. The van der Waals surface area contributed by atoms with E-state index in [0.717, 1.165) is 44.2 Å². The number of morpholine rings is 1. The van der Waals surface area contributed by atoms with Crippen LogP contribution in [0.25, 0.3) is 0 Å². The zero-order chi connectivity index (χ0) is 20.4. The van der Waals surface area contributed by atoms with Gasteiger partial charge >= 0.3 is 0 Å². The molecular weight excluding hydrogens is 485 g/mol. The Morgan fingerprint density at radius 2 is 1.83 bits per heavy atom. The van der Waals surface area contributed by atoms with Crippen molar-refractivity contribution in [3.05, 3.63) is 29.8 Å². The van der Waals surface area contributed by atoms with Crippen LogP contribution in [0.3, 0.4) is 0 Å². The van der Waals surface area contributed by atoms with Crippen LogP contribution >= 0.6 is 24.0 Å². The Kier molecular flexibility index (Phi) is 11.3. The Morgan fingerprint density at radius 1 is 1.17 bits per heavy atom. The van der Waals surface area contributed by atoms with E-state index in [1.165, 1.54) is 0 Å². The molecule has 1 aliphatic heterocycles. The van der Waals surface area contributed by atoms with Crippen molar-refractivity contribution in [1.82, 2.24) is 20.9 Å². The highest BCUT2D eigenvalue weighted by atomic mass is 127. The summed E-state index contributed by atoms with van der Waals surface area (Å²) >= 11 is 0. The maximum atomic E-state index is 12.1. The molecule has 0 bridgehead atoms. The van der Waals surface area contributed by atoms with Crippen LogP contribution in [0.4, 0.5) is 0 Å². The van der Waals surface area contributed by atoms with E-state index < -0.39 is 0 Å². The van der Waals surface area contributed by atoms with Crippen LogP contribution in [-0.4, -0.2) is 75.9 Å². The van der Waals surface area contributed by atoms with Gasteiger partial charge in [-0.15, -0.1) is 24.0 Å². The molecule has 1 fully saturated rings. The van der Waals surface area contributed by atoms with E-state index in [4.69, 9.17) is 9.47 Å². The smallest absolute Gasteiger partial charge is 0.239 e. The maximum Gasteiger partial charge on any atom is 0.239 e. The van der Waals surface area contributed by atoms with Crippen LogP contribution in [0.15, 0.2) is 29.3 Å². The number of carbonyl (C=O) groups is 1. The lowest BCUT2D eigenvalue weighted by Gasteiger charge is -2.41. The number of ether oxygens (including phenoxy) is 2. The van der Waals surface area contributed by atoms with Crippen LogP contribution in [-0.2, 0) is 16.1 Å². The molecule has 0 radical (unpaired) electrons. The molecule has 9 heteroatoms. The highest BCUT2D eigenvalue weighted by molar-refractivity contribution is 14.0. The van der Waals surface area contributed by atoms with E-state index in [2.05, 4.69) is 39.7 Å². The van der Waals surface area contributed by atoms with Gasteiger partial charge in [-0.05, 0) is 31.5 Å². The molecule has 2 rings (SSSR count). The molecule has 1 heterocycles. The maximum absolute atomic E-state index is 12.1. The van der Waals surface area contributed by atoms with Gasteiger partial charge in [-0.3, -0.25) is 14.7 Å². The molecule has 164 valence electrons. The zero-order valence-corrected chi connectivity index (χ0v) is 20.1. The van der Waals surface area contributed by atoms with Crippen molar-refractivity contribution >= 4 is 35.8 Å². The van der Waals surface area contributed by atoms with Gasteiger partial charge in [0.05, 0.1) is 26.9 Å². The van der Waals surface area contributed by atoms with Crippen molar-refractivity contribution in [2.75, 3.05) is 53.6 Å². The number of halogens is 1. The van der Waals surface area contributed by atoms with Crippen LogP contribution in [0, 0.1) is 0 Å². The minimum atomic E-state index is -0.0915. The number of amides is 1. The van der Waals surface area contributed by atoms with Crippen molar-refractivity contribution in [1.29, 1.82) is 0 Å². The van der Waals surface area contributed by atoms with E-state index in [1.807, 2.05) is 24.3 Å². The second kappa shape index (κ2) is 12.9. The molecule has 1 aliphatic rings. The lowest BCUT2D eigenvalue weighted by Crippen LogP contribution is -2.56. The monoisotopic (exact) mass is 519 g/mol. The Balaban J connectivity index is 0.00000420. The first-order chi connectivity index (χ1) is 13.4. The Hall–Kier alpha value is -1.59. The van der Waals surface area contributed by atoms with Crippen molar-refractivity contribution in [2.45, 2.75) is 25.9 Å². The van der Waals surface area contributed by atoms with Crippen molar-refractivity contribution < 1.29 is 14.3 Å². The largest absolute Gasteiger partial charge is 0.497 e. The summed E-state index contributed by atoms with van der Waals surface area (Å²) in [5.74, 6) is 1.32. The first kappa shape index (κ1) is 25.4. The number of rotatable bonds is 8. The number of hydrogen-bond donors (Lipinski definition) is 3. The molecule has 1 amide bonds. The number of guanidine groups is 1. The fraction of sp³-hybridized carbons (Fsp3) is 0.600. The van der Waals surface area contributed by atoms with Gasteiger partial charge in [0.2, 0.25) is 5.91 Å². The van der Waals surface area contributed by atoms with Gasteiger partial charge in [0.1, 0.15) is 5.75 Å². The molecule has 8 nitrogen and oxygen atoms in total. The SMILES string of the molecule is CN=C(NCC(=O)NCc1ccc(OC)cc1)NCC(C)(C)N1CCOCC1.I. The lowest BCUT2D eigenvalue weighted by molar-refractivity contribution is -0.120. The van der Waals surface area contributed by atoms with Crippen molar-refractivity contribution in [2.24, 2.45) is 4.99 Å². The van der Waals surface area contributed by atoms with Crippen LogP contribution in [0.5, 0.6) is 5.75 Å². The topological polar surface area (TPSA) is 87.2 Å². The molecule has 0 atom stereocenters. The van der Waals surface area contributed by atoms with Crippen LogP contribution in [0.2, 0.25) is 0 Å². The molecular formula is C20H34IN5O3. The van der Waals surface area contributed by atoms with E-state index in [-0.39, 0.29) is 42.0 Å². The highest BCUT2D eigenvalue weighted by Crippen LogP contribution is 2.15. The predicted octanol–water partition coefficient (Wildman–Crippen LogP) is 1.21. The first-order valence-electron chi connectivity index (χ1n) is 9.61. The second-order valence-corrected chi connectivity index (χ2v) is 7.32. The average molecular weight is 519 g/mol. The number of aliphatic imine (C=N–C) groups is 1. The van der Waals surface area contributed by atoms with Gasteiger partial charge < -0.3 is 25.4 Å².